The van der Waals surface area contributed by atoms with Crippen molar-refractivity contribution in [3.63, 3.8) is 0 Å². The Hall–Kier alpha value is -2.55. The summed E-state index contributed by atoms with van der Waals surface area (Å²) < 4.78 is 27.0. The number of sulfonamides is 1. The van der Waals surface area contributed by atoms with Gasteiger partial charge in [0.05, 0.1) is 10.6 Å². The number of rotatable bonds is 7. The maximum atomic E-state index is 12.7. The molecule has 1 fully saturated rings. The number of benzene rings is 2. The lowest BCUT2D eigenvalue weighted by Gasteiger charge is -2.16. The number of aromatic nitrogens is 1. The van der Waals surface area contributed by atoms with Gasteiger partial charge in [-0.2, -0.15) is 4.31 Å². The Labute approximate surface area is 187 Å². The fourth-order valence-electron chi connectivity index (χ4n) is 3.53. The average Bonchev–Trinajstić information content (AvgIpc) is 3.47. The fourth-order valence-corrected chi connectivity index (χ4v) is 5.96. The molecule has 1 aromatic heterocycles. The standard InChI is InChI=1S/C23H25N3O3S2/c1-17-7-9-18(10-8-17)23-25-20(16-30-23)11-12-24-22(27)19-5-4-6-21(15-19)31(28,29)26-13-2-3-14-26/h4-10,15-16H,2-3,11-14H2,1H3,(H,24,27). The summed E-state index contributed by atoms with van der Waals surface area (Å²) in [7, 11) is -3.54. The highest BCUT2D eigenvalue weighted by molar-refractivity contribution is 7.89. The maximum absolute atomic E-state index is 12.7. The maximum Gasteiger partial charge on any atom is 0.251 e. The Bertz CT molecular complexity index is 1160. The summed E-state index contributed by atoms with van der Waals surface area (Å²) in [4.78, 5) is 17.4. The van der Waals surface area contributed by atoms with Crippen LogP contribution < -0.4 is 5.32 Å². The van der Waals surface area contributed by atoms with Gasteiger partial charge in [-0.15, -0.1) is 11.3 Å². The van der Waals surface area contributed by atoms with Crippen molar-refractivity contribution in [3.05, 3.63) is 70.7 Å². The van der Waals surface area contributed by atoms with E-state index in [0.29, 0.717) is 31.6 Å². The molecular formula is C23H25N3O3S2. The number of hydrogen-bond donors (Lipinski definition) is 1. The Balaban J connectivity index is 1.36. The second-order valence-corrected chi connectivity index (χ2v) is 10.5. The molecule has 0 aliphatic carbocycles. The highest BCUT2D eigenvalue weighted by Crippen LogP contribution is 2.24. The van der Waals surface area contributed by atoms with E-state index in [0.717, 1.165) is 29.1 Å². The van der Waals surface area contributed by atoms with E-state index in [2.05, 4.69) is 41.5 Å². The first-order chi connectivity index (χ1) is 14.9. The van der Waals surface area contributed by atoms with Crippen molar-refractivity contribution in [3.8, 4) is 10.6 Å². The van der Waals surface area contributed by atoms with Crippen LogP contribution in [0.25, 0.3) is 10.6 Å². The molecule has 4 rings (SSSR count). The zero-order chi connectivity index (χ0) is 21.8. The Kier molecular flexibility index (Phi) is 6.50. The third kappa shape index (κ3) is 5.03. The number of hydrogen-bond acceptors (Lipinski definition) is 5. The Morgan fingerprint density at radius 2 is 1.87 bits per heavy atom. The normalized spacial score (nSPS) is 14.6. The van der Waals surface area contributed by atoms with E-state index < -0.39 is 10.0 Å². The van der Waals surface area contributed by atoms with Crippen molar-refractivity contribution in [2.45, 2.75) is 31.1 Å². The van der Waals surface area contributed by atoms with Crippen LogP contribution in [0.15, 0.2) is 58.8 Å². The minimum Gasteiger partial charge on any atom is -0.352 e. The summed E-state index contributed by atoms with van der Waals surface area (Å²) in [6.07, 6.45) is 2.36. The first-order valence-electron chi connectivity index (χ1n) is 10.3. The van der Waals surface area contributed by atoms with Crippen LogP contribution in [0.3, 0.4) is 0 Å². The van der Waals surface area contributed by atoms with E-state index in [-0.39, 0.29) is 10.8 Å². The molecule has 1 saturated heterocycles. The van der Waals surface area contributed by atoms with Crippen molar-refractivity contribution in [2.24, 2.45) is 0 Å². The molecule has 8 heteroatoms. The Morgan fingerprint density at radius 1 is 1.13 bits per heavy atom. The van der Waals surface area contributed by atoms with Crippen molar-refractivity contribution >= 4 is 27.3 Å². The van der Waals surface area contributed by atoms with Crippen LogP contribution >= 0.6 is 11.3 Å². The molecule has 1 aliphatic heterocycles. The third-order valence-corrected chi connectivity index (χ3v) is 8.15. The summed E-state index contributed by atoms with van der Waals surface area (Å²) >= 11 is 1.59. The van der Waals surface area contributed by atoms with Crippen LogP contribution in [-0.2, 0) is 16.4 Å². The summed E-state index contributed by atoms with van der Waals surface area (Å²) in [6, 6.07) is 14.5. The predicted molar refractivity (Wildman–Crippen MR) is 123 cm³/mol. The quantitative estimate of drug-likeness (QED) is 0.586. The van der Waals surface area contributed by atoms with Crippen molar-refractivity contribution in [1.29, 1.82) is 0 Å². The second kappa shape index (κ2) is 9.30. The molecule has 31 heavy (non-hydrogen) atoms. The van der Waals surface area contributed by atoms with E-state index in [1.165, 1.54) is 15.9 Å². The Morgan fingerprint density at radius 3 is 2.61 bits per heavy atom. The second-order valence-electron chi connectivity index (χ2n) is 7.65. The van der Waals surface area contributed by atoms with Crippen LogP contribution in [0, 0.1) is 6.92 Å². The summed E-state index contributed by atoms with van der Waals surface area (Å²) in [5.74, 6) is -0.285. The van der Waals surface area contributed by atoms with Gasteiger partial charge in [-0.25, -0.2) is 13.4 Å². The van der Waals surface area contributed by atoms with Gasteiger partial charge in [-0.05, 0) is 38.0 Å². The van der Waals surface area contributed by atoms with Gasteiger partial charge in [0.1, 0.15) is 5.01 Å². The smallest absolute Gasteiger partial charge is 0.251 e. The molecule has 0 radical (unpaired) electrons. The number of thiazole rings is 1. The predicted octanol–water partition coefficient (Wildman–Crippen LogP) is 3.88. The molecule has 0 bridgehead atoms. The monoisotopic (exact) mass is 455 g/mol. The first kappa shape index (κ1) is 21.7. The van der Waals surface area contributed by atoms with E-state index in [1.807, 2.05) is 5.38 Å². The van der Waals surface area contributed by atoms with Gasteiger partial charge in [0.25, 0.3) is 5.91 Å². The van der Waals surface area contributed by atoms with E-state index in [4.69, 9.17) is 0 Å². The van der Waals surface area contributed by atoms with Crippen molar-refractivity contribution in [1.82, 2.24) is 14.6 Å². The molecule has 162 valence electrons. The summed E-state index contributed by atoms with van der Waals surface area (Å²) in [5, 5.41) is 5.83. The molecule has 0 atom stereocenters. The van der Waals surface area contributed by atoms with Crippen LogP contribution in [0.2, 0.25) is 0 Å². The lowest BCUT2D eigenvalue weighted by molar-refractivity contribution is 0.0954. The lowest BCUT2D eigenvalue weighted by atomic mass is 10.2. The summed E-state index contributed by atoms with van der Waals surface area (Å²) in [5.41, 5.74) is 3.56. The van der Waals surface area contributed by atoms with Gasteiger partial charge >= 0.3 is 0 Å². The average molecular weight is 456 g/mol. The molecule has 2 aromatic carbocycles. The van der Waals surface area contributed by atoms with Crippen LogP contribution in [0.4, 0.5) is 0 Å². The highest BCUT2D eigenvalue weighted by atomic mass is 32.2. The zero-order valence-corrected chi connectivity index (χ0v) is 19.0. The molecule has 1 N–H and O–H groups in total. The molecule has 0 unspecified atom stereocenters. The van der Waals surface area contributed by atoms with E-state index in [9.17, 15) is 13.2 Å². The zero-order valence-electron chi connectivity index (χ0n) is 17.4. The van der Waals surface area contributed by atoms with Crippen LogP contribution in [-0.4, -0.2) is 43.2 Å². The fraction of sp³-hybridized carbons (Fsp3) is 0.304. The SMILES string of the molecule is Cc1ccc(-c2nc(CCNC(=O)c3cccc(S(=O)(=O)N4CCCC4)c3)cs2)cc1. The number of aryl methyl sites for hydroxylation is 1. The van der Waals surface area contributed by atoms with Crippen LogP contribution in [0.1, 0.15) is 34.5 Å². The van der Waals surface area contributed by atoms with Crippen LogP contribution in [0.5, 0.6) is 0 Å². The highest BCUT2D eigenvalue weighted by Gasteiger charge is 2.27. The molecule has 2 heterocycles. The topological polar surface area (TPSA) is 79.4 Å². The van der Waals surface area contributed by atoms with Gasteiger partial charge in [0, 0.05) is 42.6 Å². The number of amides is 1. The third-order valence-electron chi connectivity index (χ3n) is 5.32. The molecular weight excluding hydrogens is 430 g/mol. The molecule has 0 spiro atoms. The van der Waals surface area contributed by atoms with Gasteiger partial charge in [-0.1, -0.05) is 35.9 Å². The number of nitrogens with one attached hydrogen (secondary N) is 1. The first-order valence-corrected chi connectivity index (χ1v) is 12.7. The van der Waals surface area contributed by atoms with E-state index >= 15 is 0 Å². The number of nitrogens with zero attached hydrogens (tertiary/aromatic N) is 2. The minimum atomic E-state index is -3.54. The van der Waals surface area contributed by atoms with Gasteiger partial charge < -0.3 is 5.32 Å². The van der Waals surface area contributed by atoms with Gasteiger partial charge in [0.2, 0.25) is 10.0 Å². The number of carbonyl (C=O) groups excluding carboxylic acids is 1. The molecule has 1 aliphatic rings. The minimum absolute atomic E-state index is 0.171. The van der Waals surface area contributed by atoms with Gasteiger partial charge in [-0.3, -0.25) is 4.79 Å². The molecule has 6 nitrogen and oxygen atoms in total. The largest absolute Gasteiger partial charge is 0.352 e. The lowest BCUT2D eigenvalue weighted by Crippen LogP contribution is -2.29. The van der Waals surface area contributed by atoms with E-state index in [1.54, 1.807) is 29.5 Å². The molecule has 3 aromatic rings. The molecule has 1 amide bonds. The van der Waals surface area contributed by atoms with Crippen molar-refractivity contribution in [2.75, 3.05) is 19.6 Å². The summed E-state index contributed by atoms with van der Waals surface area (Å²) in [6.45, 7) is 3.56. The van der Waals surface area contributed by atoms with Crippen molar-refractivity contribution < 1.29 is 13.2 Å². The molecule has 0 saturated carbocycles. The van der Waals surface area contributed by atoms with Gasteiger partial charge in [0.15, 0.2) is 0 Å². The number of carbonyl (C=O) groups is 1.